The van der Waals surface area contributed by atoms with Crippen LogP contribution in [0.4, 0.5) is 17.3 Å². The van der Waals surface area contributed by atoms with Crippen molar-refractivity contribution < 1.29 is 4.79 Å². The van der Waals surface area contributed by atoms with Crippen LogP contribution in [0.1, 0.15) is 11.1 Å². The van der Waals surface area contributed by atoms with E-state index in [-0.39, 0.29) is 12.5 Å². The van der Waals surface area contributed by atoms with E-state index in [9.17, 15) is 4.79 Å². The first kappa shape index (κ1) is 20.9. The molecule has 168 valence electrons. The zero-order valence-electron chi connectivity index (χ0n) is 18.8. The van der Waals surface area contributed by atoms with Gasteiger partial charge in [-0.15, -0.1) is 0 Å². The number of aromatic nitrogens is 5. The van der Waals surface area contributed by atoms with Crippen molar-refractivity contribution in [3.05, 3.63) is 66.2 Å². The van der Waals surface area contributed by atoms with Gasteiger partial charge in [-0.2, -0.15) is 5.10 Å². The Morgan fingerprint density at radius 1 is 1.00 bits per heavy atom. The largest absolute Gasteiger partial charge is 0.353 e. The second-order valence-electron chi connectivity index (χ2n) is 8.27. The third kappa shape index (κ3) is 4.34. The Morgan fingerprint density at radius 3 is 2.61 bits per heavy atom. The van der Waals surface area contributed by atoms with Crippen molar-refractivity contribution in [3.63, 3.8) is 0 Å². The standard InChI is InChI=1S/C24H26N8O/c1-17-6-7-18(2)20(13-17)29-22(33)15-32-24-19(14-28-32)23(26-16-27-24)31-11-9-30(10-12-31)21-5-3-4-8-25-21/h3-8,13-14,16H,9-12,15H2,1-2H3,(H,29,33). The number of piperazine rings is 1. The summed E-state index contributed by atoms with van der Waals surface area (Å²) in [5.74, 6) is 1.70. The van der Waals surface area contributed by atoms with Gasteiger partial charge in [0.25, 0.3) is 0 Å². The van der Waals surface area contributed by atoms with Gasteiger partial charge in [0.1, 0.15) is 24.5 Å². The number of carbonyl (C=O) groups excluding carboxylic acids is 1. The summed E-state index contributed by atoms with van der Waals surface area (Å²) in [6, 6.07) is 12.0. The lowest BCUT2D eigenvalue weighted by molar-refractivity contribution is -0.116. The minimum Gasteiger partial charge on any atom is -0.353 e. The Bertz CT molecular complexity index is 1280. The molecule has 0 bridgehead atoms. The van der Waals surface area contributed by atoms with E-state index in [1.54, 1.807) is 17.2 Å². The van der Waals surface area contributed by atoms with Crippen LogP contribution < -0.4 is 15.1 Å². The molecule has 1 aliphatic heterocycles. The molecule has 0 saturated carbocycles. The van der Waals surface area contributed by atoms with Crippen LogP contribution in [-0.4, -0.2) is 56.8 Å². The van der Waals surface area contributed by atoms with Crippen LogP contribution in [0.2, 0.25) is 0 Å². The van der Waals surface area contributed by atoms with Gasteiger partial charge >= 0.3 is 0 Å². The van der Waals surface area contributed by atoms with Gasteiger partial charge in [0.05, 0.1) is 11.6 Å². The summed E-state index contributed by atoms with van der Waals surface area (Å²) in [7, 11) is 0. The number of pyridine rings is 1. The summed E-state index contributed by atoms with van der Waals surface area (Å²) in [5.41, 5.74) is 3.59. The van der Waals surface area contributed by atoms with Crippen LogP contribution in [0.3, 0.4) is 0 Å². The molecule has 1 aromatic carbocycles. The summed E-state index contributed by atoms with van der Waals surface area (Å²) in [6.45, 7) is 7.42. The number of rotatable bonds is 5. The van der Waals surface area contributed by atoms with Crippen LogP contribution in [0.5, 0.6) is 0 Å². The summed E-state index contributed by atoms with van der Waals surface area (Å²) < 4.78 is 1.63. The molecule has 4 aromatic rings. The monoisotopic (exact) mass is 442 g/mol. The fraction of sp³-hybridized carbons (Fsp3) is 0.292. The number of nitrogens with one attached hydrogen (secondary N) is 1. The highest BCUT2D eigenvalue weighted by Crippen LogP contribution is 2.25. The molecule has 1 amide bonds. The fourth-order valence-corrected chi connectivity index (χ4v) is 4.13. The zero-order valence-corrected chi connectivity index (χ0v) is 18.8. The quantitative estimate of drug-likeness (QED) is 0.508. The van der Waals surface area contributed by atoms with Crippen LogP contribution >= 0.6 is 0 Å². The first-order chi connectivity index (χ1) is 16.1. The average molecular weight is 443 g/mol. The normalized spacial score (nSPS) is 14.0. The summed E-state index contributed by atoms with van der Waals surface area (Å²) in [5, 5.41) is 8.28. The molecule has 4 heterocycles. The number of hydrogen-bond acceptors (Lipinski definition) is 7. The first-order valence-corrected chi connectivity index (χ1v) is 11.0. The van der Waals surface area contributed by atoms with E-state index in [2.05, 4.69) is 35.2 Å². The van der Waals surface area contributed by atoms with Crippen molar-refractivity contribution in [3.8, 4) is 0 Å². The predicted octanol–water partition coefficient (Wildman–Crippen LogP) is 2.80. The van der Waals surface area contributed by atoms with Crippen LogP contribution in [0.25, 0.3) is 11.0 Å². The molecule has 0 atom stereocenters. The molecule has 1 N–H and O–H groups in total. The van der Waals surface area contributed by atoms with Crippen molar-refractivity contribution in [2.75, 3.05) is 41.3 Å². The van der Waals surface area contributed by atoms with Gasteiger partial charge in [-0.1, -0.05) is 18.2 Å². The van der Waals surface area contributed by atoms with Crippen molar-refractivity contribution >= 4 is 34.3 Å². The molecular weight excluding hydrogens is 416 g/mol. The molecule has 5 rings (SSSR count). The van der Waals surface area contributed by atoms with E-state index in [0.717, 1.165) is 60.0 Å². The molecule has 1 fully saturated rings. The maximum Gasteiger partial charge on any atom is 0.246 e. The van der Waals surface area contributed by atoms with Gasteiger partial charge in [0.2, 0.25) is 5.91 Å². The van der Waals surface area contributed by atoms with E-state index in [4.69, 9.17) is 0 Å². The van der Waals surface area contributed by atoms with Crippen molar-refractivity contribution in [2.45, 2.75) is 20.4 Å². The average Bonchev–Trinajstić information content (AvgIpc) is 3.25. The Morgan fingerprint density at radius 2 is 1.82 bits per heavy atom. The first-order valence-electron chi connectivity index (χ1n) is 11.0. The van der Waals surface area contributed by atoms with Gasteiger partial charge < -0.3 is 15.1 Å². The molecule has 3 aromatic heterocycles. The van der Waals surface area contributed by atoms with Crippen molar-refractivity contribution in [1.29, 1.82) is 0 Å². The molecule has 33 heavy (non-hydrogen) atoms. The van der Waals surface area contributed by atoms with Crippen LogP contribution in [-0.2, 0) is 11.3 Å². The van der Waals surface area contributed by atoms with E-state index in [1.165, 1.54) is 0 Å². The third-order valence-electron chi connectivity index (χ3n) is 5.93. The topological polar surface area (TPSA) is 92.1 Å². The highest BCUT2D eigenvalue weighted by Gasteiger charge is 2.22. The Hall–Kier alpha value is -4.01. The van der Waals surface area contributed by atoms with Crippen LogP contribution in [0, 0.1) is 13.8 Å². The third-order valence-corrected chi connectivity index (χ3v) is 5.93. The lowest BCUT2D eigenvalue weighted by atomic mass is 10.1. The van der Waals surface area contributed by atoms with Crippen LogP contribution in [0.15, 0.2) is 55.1 Å². The molecule has 0 aliphatic carbocycles. The van der Waals surface area contributed by atoms with Gasteiger partial charge in [-0.05, 0) is 43.2 Å². The molecule has 0 radical (unpaired) electrons. The number of carbonyl (C=O) groups is 1. The predicted molar refractivity (Wildman–Crippen MR) is 129 cm³/mol. The summed E-state index contributed by atoms with van der Waals surface area (Å²) >= 11 is 0. The molecular formula is C24H26N8O. The molecule has 0 unspecified atom stereocenters. The second-order valence-corrected chi connectivity index (χ2v) is 8.27. The second kappa shape index (κ2) is 8.85. The maximum absolute atomic E-state index is 12.7. The lowest BCUT2D eigenvalue weighted by Gasteiger charge is -2.36. The number of nitrogens with zero attached hydrogens (tertiary/aromatic N) is 7. The molecule has 9 heteroatoms. The van der Waals surface area contributed by atoms with Gasteiger partial charge in [-0.25, -0.2) is 19.6 Å². The van der Waals surface area contributed by atoms with Crippen molar-refractivity contribution in [2.24, 2.45) is 0 Å². The highest BCUT2D eigenvalue weighted by molar-refractivity contribution is 5.93. The maximum atomic E-state index is 12.7. The number of hydrogen-bond donors (Lipinski definition) is 1. The minimum absolute atomic E-state index is 0.0841. The Kier molecular flexibility index (Phi) is 5.60. The molecule has 1 aliphatic rings. The van der Waals surface area contributed by atoms with E-state index in [1.807, 2.05) is 56.4 Å². The molecule has 9 nitrogen and oxygen atoms in total. The highest BCUT2D eigenvalue weighted by atomic mass is 16.2. The molecule has 0 spiro atoms. The number of anilines is 3. The van der Waals surface area contributed by atoms with Gasteiger partial charge in [0, 0.05) is 38.1 Å². The summed E-state index contributed by atoms with van der Waals surface area (Å²) in [6.07, 6.45) is 5.12. The molecule has 1 saturated heterocycles. The number of aryl methyl sites for hydroxylation is 2. The summed E-state index contributed by atoms with van der Waals surface area (Å²) in [4.78, 5) is 30.6. The number of fused-ring (bicyclic) bond motifs is 1. The minimum atomic E-state index is -0.141. The van der Waals surface area contributed by atoms with E-state index < -0.39 is 0 Å². The van der Waals surface area contributed by atoms with Crippen molar-refractivity contribution in [1.82, 2.24) is 24.7 Å². The number of benzene rings is 1. The SMILES string of the molecule is Cc1ccc(C)c(NC(=O)Cn2ncc3c(N4CCN(c5ccccn5)CC4)ncnc32)c1. The smallest absolute Gasteiger partial charge is 0.246 e. The van der Waals surface area contributed by atoms with Gasteiger partial charge in [0.15, 0.2) is 5.65 Å². The Balaban J connectivity index is 1.30. The van der Waals surface area contributed by atoms with E-state index >= 15 is 0 Å². The lowest BCUT2D eigenvalue weighted by Crippen LogP contribution is -2.47. The number of amides is 1. The Labute approximate surface area is 192 Å². The van der Waals surface area contributed by atoms with Gasteiger partial charge in [-0.3, -0.25) is 4.79 Å². The zero-order chi connectivity index (χ0) is 22.8. The fourth-order valence-electron chi connectivity index (χ4n) is 4.13. The van der Waals surface area contributed by atoms with E-state index in [0.29, 0.717) is 5.65 Å².